The highest BCUT2D eigenvalue weighted by Crippen LogP contribution is 2.38. The van der Waals surface area contributed by atoms with Crippen molar-refractivity contribution in [3.8, 4) is 0 Å². The molecule has 1 saturated carbocycles. The van der Waals surface area contributed by atoms with Gasteiger partial charge in [-0.15, -0.1) is 0 Å². The number of amides is 1. The first-order chi connectivity index (χ1) is 11.2. The van der Waals surface area contributed by atoms with Crippen molar-refractivity contribution < 1.29 is 14.6 Å². The van der Waals surface area contributed by atoms with Crippen molar-refractivity contribution >= 4 is 6.09 Å². The zero-order valence-corrected chi connectivity index (χ0v) is 13.7. The van der Waals surface area contributed by atoms with Gasteiger partial charge in [0, 0.05) is 13.1 Å². The molecule has 1 N–H and O–H groups in total. The van der Waals surface area contributed by atoms with Crippen LogP contribution in [-0.4, -0.2) is 35.3 Å². The predicted molar refractivity (Wildman–Crippen MR) is 89.5 cm³/mol. The Kier molecular flexibility index (Phi) is 5.55. The molecule has 3 rings (SSSR count). The van der Waals surface area contributed by atoms with Crippen molar-refractivity contribution in [1.82, 2.24) is 4.90 Å². The minimum absolute atomic E-state index is 0.165. The molecular formula is C19H27NO3. The lowest BCUT2D eigenvalue weighted by Crippen LogP contribution is -2.40. The number of carboxylic acid groups (broad SMARTS) is 1. The van der Waals surface area contributed by atoms with Crippen LogP contribution in [0.2, 0.25) is 0 Å². The van der Waals surface area contributed by atoms with Crippen molar-refractivity contribution in [3.05, 3.63) is 35.9 Å². The molecule has 2 aliphatic rings. The number of nitrogens with zero attached hydrogens (tertiary/aromatic N) is 1. The number of benzene rings is 1. The van der Waals surface area contributed by atoms with Gasteiger partial charge in [0.15, 0.2) is 0 Å². The second kappa shape index (κ2) is 7.82. The first-order valence-corrected chi connectivity index (χ1v) is 8.92. The molecule has 0 radical (unpaired) electrons. The Morgan fingerprint density at radius 2 is 1.70 bits per heavy atom. The summed E-state index contributed by atoms with van der Waals surface area (Å²) in [6.07, 6.45) is 7.58. The Labute approximate surface area is 138 Å². The van der Waals surface area contributed by atoms with E-state index in [0.29, 0.717) is 19.0 Å². The molecule has 0 bridgehead atoms. The van der Waals surface area contributed by atoms with Crippen LogP contribution in [0.5, 0.6) is 0 Å². The fraction of sp³-hybridized carbons (Fsp3) is 0.632. The first kappa shape index (κ1) is 16.3. The molecule has 126 valence electrons. The van der Waals surface area contributed by atoms with E-state index in [9.17, 15) is 4.79 Å². The average molecular weight is 317 g/mol. The molecule has 1 aliphatic heterocycles. The standard InChI is InChI=1S/C19H27NO3/c21-19(22)20-13-11-17(12-14-20)23-18(15-7-3-1-4-8-15)16-9-5-2-6-10-16/h1,3-4,7-8,16-18H,2,5-6,9-14H2,(H,21,22). The summed E-state index contributed by atoms with van der Waals surface area (Å²) < 4.78 is 6.53. The zero-order valence-electron chi connectivity index (χ0n) is 13.7. The Balaban J connectivity index is 1.66. The lowest BCUT2D eigenvalue weighted by molar-refractivity contribution is -0.0731. The van der Waals surface area contributed by atoms with Crippen molar-refractivity contribution in [2.75, 3.05) is 13.1 Å². The van der Waals surface area contributed by atoms with Gasteiger partial charge < -0.3 is 14.7 Å². The van der Waals surface area contributed by atoms with Gasteiger partial charge in [-0.3, -0.25) is 0 Å². The van der Waals surface area contributed by atoms with Crippen molar-refractivity contribution in [3.63, 3.8) is 0 Å². The Morgan fingerprint density at radius 3 is 2.30 bits per heavy atom. The van der Waals surface area contributed by atoms with Crippen LogP contribution in [0.3, 0.4) is 0 Å². The minimum Gasteiger partial charge on any atom is -0.465 e. The van der Waals surface area contributed by atoms with Crippen LogP contribution in [0.15, 0.2) is 30.3 Å². The van der Waals surface area contributed by atoms with Crippen LogP contribution in [0.25, 0.3) is 0 Å². The molecule has 1 saturated heterocycles. The van der Waals surface area contributed by atoms with E-state index in [4.69, 9.17) is 9.84 Å². The molecule has 23 heavy (non-hydrogen) atoms. The number of rotatable bonds is 4. The summed E-state index contributed by atoms with van der Waals surface area (Å²) in [4.78, 5) is 12.5. The molecule has 2 fully saturated rings. The van der Waals surface area contributed by atoms with Gasteiger partial charge in [0.2, 0.25) is 0 Å². The molecule has 1 aromatic carbocycles. The van der Waals surface area contributed by atoms with Crippen LogP contribution in [-0.2, 0) is 4.74 Å². The molecule has 1 atom stereocenters. The largest absolute Gasteiger partial charge is 0.465 e. The van der Waals surface area contributed by atoms with E-state index < -0.39 is 6.09 Å². The quantitative estimate of drug-likeness (QED) is 0.891. The van der Waals surface area contributed by atoms with E-state index >= 15 is 0 Å². The molecular weight excluding hydrogens is 290 g/mol. The highest BCUT2D eigenvalue weighted by atomic mass is 16.5. The van der Waals surface area contributed by atoms with E-state index in [1.54, 1.807) is 0 Å². The molecule has 4 heteroatoms. The average Bonchev–Trinajstić information content (AvgIpc) is 2.61. The lowest BCUT2D eigenvalue weighted by Gasteiger charge is -2.36. The summed E-state index contributed by atoms with van der Waals surface area (Å²) in [5, 5.41) is 9.07. The number of carbonyl (C=O) groups is 1. The third-order valence-corrected chi connectivity index (χ3v) is 5.26. The van der Waals surface area contributed by atoms with Crippen LogP contribution in [0, 0.1) is 5.92 Å². The number of ether oxygens (including phenoxy) is 1. The molecule has 4 nitrogen and oxygen atoms in total. The Hall–Kier alpha value is -1.55. The third kappa shape index (κ3) is 4.25. The van der Waals surface area contributed by atoms with Crippen LogP contribution >= 0.6 is 0 Å². The summed E-state index contributed by atoms with van der Waals surface area (Å²) in [5.74, 6) is 0.601. The van der Waals surface area contributed by atoms with Crippen molar-refractivity contribution in [1.29, 1.82) is 0 Å². The highest BCUT2D eigenvalue weighted by molar-refractivity contribution is 5.65. The molecule has 1 amide bonds. The van der Waals surface area contributed by atoms with Gasteiger partial charge >= 0.3 is 6.09 Å². The normalized spacial score (nSPS) is 22.0. The maximum absolute atomic E-state index is 11.0. The van der Waals surface area contributed by atoms with Crippen LogP contribution in [0.4, 0.5) is 4.79 Å². The number of hydrogen-bond acceptors (Lipinski definition) is 2. The fourth-order valence-electron chi connectivity index (χ4n) is 3.93. The van der Waals surface area contributed by atoms with Gasteiger partial charge in [-0.2, -0.15) is 0 Å². The highest BCUT2D eigenvalue weighted by Gasteiger charge is 2.30. The number of likely N-dealkylation sites (tertiary alicyclic amines) is 1. The Morgan fingerprint density at radius 1 is 1.04 bits per heavy atom. The predicted octanol–water partition coefficient (Wildman–Crippen LogP) is 4.47. The molecule has 0 aromatic heterocycles. The van der Waals surface area contributed by atoms with Gasteiger partial charge in [0.25, 0.3) is 0 Å². The van der Waals surface area contributed by atoms with E-state index in [1.165, 1.54) is 42.6 Å². The summed E-state index contributed by atoms with van der Waals surface area (Å²) in [6, 6.07) is 10.6. The molecule has 1 heterocycles. The van der Waals surface area contributed by atoms with Gasteiger partial charge in [-0.1, -0.05) is 49.6 Å². The second-order valence-corrected chi connectivity index (χ2v) is 6.83. The SMILES string of the molecule is O=C(O)N1CCC(OC(c2ccccc2)C2CCCCC2)CC1. The van der Waals surface area contributed by atoms with Gasteiger partial charge in [-0.25, -0.2) is 4.79 Å². The summed E-state index contributed by atoms with van der Waals surface area (Å²) in [7, 11) is 0. The number of piperidine rings is 1. The van der Waals surface area contributed by atoms with Crippen molar-refractivity contribution in [2.45, 2.75) is 57.2 Å². The maximum Gasteiger partial charge on any atom is 0.407 e. The molecule has 1 unspecified atom stereocenters. The summed E-state index contributed by atoms with van der Waals surface area (Å²) in [6.45, 7) is 1.18. The first-order valence-electron chi connectivity index (χ1n) is 8.92. The Bertz CT molecular complexity index is 491. The van der Waals surface area contributed by atoms with Crippen molar-refractivity contribution in [2.24, 2.45) is 5.92 Å². The third-order valence-electron chi connectivity index (χ3n) is 5.26. The van der Waals surface area contributed by atoms with Gasteiger partial charge in [0.05, 0.1) is 12.2 Å². The van der Waals surface area contributed by atoms with E-state index in [-0.39, 0.29) is 12.2 Å². The van der Waals surface area contributed by atoms with Crippen LogP contribution in [0.1, 0.15) is 56.6 Å². The lowest BCUT2D eigenvalue weighted by atomic mass is 9.82. The van der Waals surface area contributed by atoms with Crippen LogP contribution < -0.4 is 0 Å². The topological polar surface area (TPSA) is 49.8 Å². The molecule has 1 aliphatic carbocycles. The van der Waals surface area contributed by atoms with E-state index in [0.717, 1.165) is 12.8 Å². The van der Waals surface area contributed by atoms with E-state index in [1.807, 2.05) is 6.07 Å². The summed E-state index contributed by atoms with van der Waals surface area (Å²) in [5.41, 5.74) is 1.28. The fourth-order valence-corrected chi connectivity index (χ4v) is 3.93. The number of hydrogen-bond donors (Lipinski definition) is 1. The van der Waals surface area contributed by atoms with E-state index in [2.05, 4.69) is 24.3 Å². The molecule has 1 aromatic rings. The van der Waals surface area contributed by atoms with Gasteiger partial charge in [0.1, 0.15) is 0 Å². The monoisotopic (exact) mass is 317 g/mol. The van der Waals surface area contributed by atoms with Gasteiger partial charge in [-0.05, 0) is 37.2 Å². The zero-order chi connectivity index (χ0) is 16.1. The second-order valence-electron chi connectivity index (χ2n) is 6.83. The smallest absolute Gasteiger partial charge is 0.407 e. The maximum atomic E-state index is 11.0. The summed E-state index contributed by atoms with van der Waals surface area (Å²) >= 11 is 0. The minimum atomic E-state index is -0.810. The molecule has 0 spiro atoms.